The number of fused-ring (bicyclic) bond motifs is 1. The second kappa shape index (κ2) is 12.2. The van der Waals surface area contributed by atoms with Gasteiger partial charge in [0.1, 0.15) is 5.82 Å². The van der Waals surface area contributed by atoms with Crippen LogP contribution in [-0.4, -0.2) is 35.9 Å². The van der Waals surface area contributed by atoms with Crippen molar-refractivity contribution in [3.05, 3.63) is 95.3 Å². The van der Waals surface area contributed by atoms with Gasteiger partial charge in [-0.15, -0.1) is 0 Å². The zero-order valence-corrected chi connectivity index (χ0v) is 24.2. The van der Waals surface area contributed by atoms with Crippen LogP contribution in [-0.2, 0) is 42.2 Å². The minimum absolute atomic E-state index is 0.0410. The van der Waals surface area contributed by atoms with Crippen molar-refractivity contribution in [2.24, 2.45) is 0 Å². The Morgan fingerprint density at radius 1 is 0.905 bits per heavy atom. The van der Waals surface area contributed by atoms with Crippen molar-refractivity contribution >= 4 is 9.84 Å². The Labute approximate surface area is 243 Å². The quantitative estimate of drug-likeness (QED) is 0.191. The lowest BCUT2D eigenvalue weighted by atomic mass is 10.1. The molecular weight excluding hydrogens is 567 g/mol. The van der Waals surface area contributed by atoms with Crippen LogP contribution in [0.3, 0.4) is 0 Å². The molecule has 1 aliphatic heterocycles. The molecule has 7 nitrogen and oxygen atoms in total. The fourth-order valence-corrected chi connectivity index (χ4v) is 5.65. The number of imidazole rings is 1. The third kappa shape index (κ3) is 6.79. The van der Waals surface area contributed by atoms with Crippen molar-refractivity contribution in [1.29, 1.82) is 0 Å². The Morgan fingerprint density at radius 3 is 2.24 bits per heavy atom. The molecule has 0 fully saturated rings. The predicted molar refractivity (Wildman–Crippen MR) is 153 cm³/mol. The first-order chi connectivity index (χ1) is 20.0. The first kappa shape index (κ1) is 29.7. The van der Waals surface area contributed by atoms with Gasteiger partial charge in [-0.2, -0.15) is 13.2 Å². The summed E-state index contributed by atoms with van der Waals surface area (Å²) in [4.78, 5) is 6.24. The zero-order valence-electron chi connectivity index (χ0n) is 23.4. The Kier molecular flexibility index (Phi) is 8.60. The molecule has 5 rings (SSSR count). The first-order valence-corrected chi connectivity index (χ1v) is 15.5. The average Bonchev–Trinajstić information content (AvgIpc) is 3.56. The average molecular weight is 600 g/mol. The fraction of sp³-hybridized carbons (Fsp3) is 0.323. The van der Waals surface area contributed by atoms with Gasteiger partial charge in [0.15, 0.2) is 27.0 Å². The van der Waals surface area contributed by atoms with E-state index in [1.165, 1.54) is 12.1 Å². The van der Waals surface area contributed by atoms with E-state index >= 15 is 0 Å². The van der Waals surface area contributed by atoms with Gasteiger partial charge in [0.2, 0.25) is 6.79 Å². The summed E-state index contributed by atoms with van der Waals surface area (Å²) in [5.41, 5.74) is 1.40. The molecule has 0 atom stereocenters. The minimum atomic E-state index is -4.65. The molecule has 0 saturated carbocycles. The molecule has 1 aliphatic rings. The summed E-state index contributed by atoms with van der Waals surface area (Å²) in [7, 11) is -3.39. The number of aromatic nitrogens is 2. The van der Waals surface area contributed by atoms with E-state index in [1.807, 2.05) is 30.0 Å². The Balaban J connectivity index is 1.56. The molecule has 2 heterocycles. The monoisotopic (exact) mass is 599 g/mol. The topological polar surface area (TPSA) is 73.7 Å². The molecule has 0 N–H and O–H groups in total. The third-order valence-electron chi connectivity index (χ3n) is 7.08. The molecule has 3 aromatic carbocycles. The lowest BCUT2D eigenvalue weighted by Gasteiger charge is -2.25. The zero-order chi connectivity index (χ0) is 29.9. The van der Waals surface area contributed by atoms with Crippen molar-refractivity contribution in [2.75, 3.05) is 13.0 Å². The smallest absolute Gasteiger partial charge is 0.435 e. The number of halogens is 3. The largest absolute Gasteiger partial charge is 0.454 e. The van der Waals surface area contributed by atoms with Crippen molar-refractivity contribution in [3.63, 3.8) is 0 Å². The molecule has 11 heteroatoms. The summed E-state index contributed by atoms with van der Waals surface area (Å²) < 4.78 is 80.1. The lowest BCUT2D eigenvalue weighted by Crippen LogP contribution is -2.26. The van der Waals surface area contributed by atoms with Gasteiger partial charge < -0.3 is 14.0 Å². The van der Waals surface area contributed by atoms with Gasteiger partial charge in [-0.05, 0) is 41.8 Å². The van der Waals surface area contributed by atoms with Crippen molar-refractivity contribution in [1.82, 2.24) is 14.5 Å². The SMILES string of the molecule is CCCCn1c(-c2ccccc2)nc(C(F)(F)F)c1CN(Cc1ccc(S(C)(=O)=O)cc1)Cc1ccc2c(c1)OCO2. The second-order valence-electron chi connectivity index (χ2n) is 10.3. The van der Waals surface area contributed by atoms with Crippen LogP contribution in [0.5, 0.6) is 11.5 Å². The lowest BCUT2D eigenvalue weighted by molar-refractivity contribution is -0.141. The van der Waals surface area contributed by atoms with Gasteiger partial charge in [-0.1, -0.05) is 61.9 Å². The Hall–Kier alpha value is -3.83. The fourth-order valence-electron chi connectivity index (χ4n) is 5.02. The first-order valence-electron chi connectivity index (χ1n) is 13.6. The summed E-state index contributed by atoms with van der Waals surface area (Å²) in [6, 6.07) is 20.8. The highest BCUT2D eigenvalue weighted by Crippen LogP contribution is 2.37. The molecule has 42 heavy (non-hydrogen) atoms. The summed E-state index contributed by atoms with van der Waals surface area (Å²) in [5.74, 6) is 1.48. The van der Waals surface area contributed by atoms with Crippen molar-refractivity contribution in [3.8, 4) is 22.9 Å². The third-order valence-corrected chi connectivity index (χ3v) is 8.21. The molecule has 0 radical (unpaired) electrons. The molecule has 0 unspecified atom stereocenters. The van der Waals surface area contributed by atoms with Crippen LogP contribution >= 0.6 is 0 Å². The normalized spacial score (nSPS) is 13.2. The maximum atomic E-state index is 14.5. The number of sulfone groups is 1. The van der Waals surface area contributed by atoms with E-state index in [-0.39, 0.29) is 36.3 Å². The number of benzene rings is 3. The maximum Gasteiger partial charge on any atom is 0.435 e. The van der Waals surface area contributed by atoms with E-state index in [0.29, 0.717) is 36.6 Å². The van der Waals surface area contributed by atoms with Gasteiger partial charge in [-0.25, -0.2) is 13.4 Å². The van der Waals surface area contributed by atoms with E-state index in [0.717, 1.165) is 23.8 Å². The number of unbranched alkanes of at least 4 members (excludes halogenated alkanes) is 1. The van der Waals surface area contributed by atoms with Crippen LogP contribution in [0.2, 0.25) is 0 Å². The number of rotatable bonds is 11. The standard InChI is InChI=1S/C31H32F3N3O4S/c1-3-4-16-37-26(29(31(32,33)34)35-30(37)24-8-6-5-7-9-24)20-36(18-22-10-13-25(14-11-22)42(2,38)39)19-23-12-15-27-28(17-23)41-21-40-27/h5-15,17H,3-4,16,18-21H2,1-2H3. The van der Waals surface area contributed by atoms with E-state index in [1.54, 1.807) is 47.0 Å². The number of nitrogens with zero attached hydrogens (tertiary/aromatic N) is 3. The highest BCUT2D eigenvalue weighted by Gasteiger charge is 2.39. The molecule has 222 valence electrons. The van der Waals surface area contributed by atoms with Crippen LogP contribution in [0.1, 0.15) is 42.3 Å². The number of hydrogen-bond donors (Lipinski definition) is 0. The van der Waals surface area contributed by atoms with E-state index in [9.17, 15) is 21.6 Å². The molecule has 4 aromatic rings. The maximum absolute atomic E-state index is 14.5. The molecule has 0 amide bonds. The summed E-state index contributed by atoms with van der Waals surface area (Å²) in [6.07, 6.45) is -2.03. The van der Waals surface area contributed by atoms with E-state index in [2.05, 4.69) is 4.98 Å². The van der Waals surface area contributed by atoms with Crippen LogP contribution in [0.15, 0.2) is 77.7 Å². The summed E-state index contributed by atoms with van der Waals surface area (Å²) in [6.45, 7) is 3.04. The van der Waals surface area contributed by atoms with Crippen LogP contribution in [0.4, 0.5) is 13.2 Å². The van der Waals surface area contributed by atoms with Gasteiger partial charge in [0, 0.05) is 38.0 Å². The van der Waals surface area contributed by atoms with Gasteiger partial charge in [-0.3, -0.25) is 4.90 Å². The predicted octanol–water partition coefficient (Wildman–Crippen LogP) is 6.70. The van der Waals surface area contributed by atoms with Gasteiger partial charge in [0.25, 0.3) is 0 Å². The molecule has 0 saturated heterocycles. The van der Waals surface area contributed by atoms with Crippen molar-refractivity contribution < 1.29 is 31.1 Å². The van der Waals surface area contributed by atoms with E-state index < -0.39 is 21.7 Å². The summed E-state index contributed by atoms with van der Waals surface area (Å²) in [5, 5.41) is 0. The highest BCUT2D eigenvalue weighted by atomic mass is 32.2. The molecular formula is C31H32F3N3O4S. The van der Waals surface area contributed by atoms with Crippen LogP contribution in [0.25, 0.3) is 11.4 Å². The minimum Gasteiger partial charge on any atom is -0.454 e. The van der Waals surface area contributed by atoms with Crippen LogP contribution in [0, 0.1) is 0 Å². The number of alkyl halides is 3. The number of ether oxygens (including phenoxy) is 2. The number of hydrogen-bond acceptors (Lipinski definition) is 6. The Morgan fingerprint density at radius 2 is 1.57 bits per heavy atom. The second-order valence-corrected chi connectivity index (χ2v) is 12.4. The Bertz CT molecular complexity index is 1640. The highest BCUT2D eigenvalue weighted by molar-refractivity contribution is 7.90. The van der Waals surface area contributed by atoms with Gasteiger partial charge in [0.05, 0.1) is 10.6 Å². The molecule has 0 bridgehead atoms. The summed E-state index contributed by atoms with van der Waals surface area (Å²) >= 11 is 0. The van der Waals surface area contributed by atoms with Crippen molar-refractivity contribution in [2.45, 2.75) is 57.0 Å². The molecule has 0 spiro atoms. The molecule has 1 aromatic heterocycles. The van der Waals surface area contributed by atoms with Gasteiger partial charge >= 0.3 is 6.18 Å². The van der Waals surface area contributed by atoms with Crippen LogP contribution < -0.4 is 9.47 Å². The van der Waals surface area contributed by atoms with E-state index in [4.69, 9.17) is 9.47 Å². The molecule has 0 aliphatic carbocycles.